The number of carbonyl (C=O) groups excluding carboxylic acids is 2. The number of carbonyl (C=O) groups is 2. The number of ketones is 1. The summed E-state index contributed by atoms with van der Waals surface area (Å²) in [5.74, 6) is -0.0968. The molecule has 2 aromatic rings. The van der Waals surface area contributed by atoms with Crippen molar-refractivity contribution in [2.45, 2.75) is 58.1 Å². The van der Waals surface area contributed by atoms with Gasteiger partial charge in [0, 0.05) is 47.6 Å². The number of H-pyrrole nitrogens is 1. The monoisotopic (exact) mass is 396 g/mol. The minimum atomic E-state index is -0.793. The SMILES string of the molecule is CCOC(=O)C(=O)c1c(C)[nH]c2ccc3c(c12)CC1CCCN2CCCCC12O3. The number of aromatic amines is 1. The third-order valence-electron chi connectivity index (χ3n) is 7.01. The number of benzene rings is 1. The van der Waals surface area contributed by atoms with Gasteiger partial charge in [-0.25, -0.2) is 4.79 Å². The molecule has 1 spiro atoms. The Balaban J connectivity index is 1.64. The summed E-state index contributed by atoms with van der Waals surface area (Å²) in [6.45, 7) is 5.94. The molecular formula is C23H28N2O4. The first-order valence-corrected chi connectivity index (χ1v) is 10.8. The van der Waals surface area contributed by atoms with Crippen LogP contribution in [0.4, 0.5) is 0 Å². The predicted octanol–water partition coefficient (Wildman–Crippen LogP) is 3.75. The van der Waals surface area contributed by atoms with Crippen molar-refractivity contribution in [3.8, 4) is 5.75 Å². The summed E-state index contributed by atoms with van der Waals surface area (Å²) in [5, 5.41) is 0.834. The molecule has 0 bridgehead atoms. The lowest BCUT2D eigenvalue weighted by Crippen LogP contribution is -2.64. The second-order valence-corrected chi connectivity index (χ2v) is 8.57. The molecule has 0 saturated carbocycles. The van der Waals surface area contributed by atoms with Gasteiger partial charge in [0.1, 0.15) is 5.75 Å². The Morgan fingerprint density at radius 1 is 1.28 bits per heavy atom. The smallest absolute Gasteiger partial charge is 0.379 e. The van der Waals surface area contributed by atoms with Gasteiger partial charge in [-0.2, -0.15) is 0 Å². The fraction of sp³-hybridized carbons (Fsp3) is 0.565. The topological polar surface area (TPSA) is 71.6 Å². The molecule has 0 radical (unpaired) electrons. The quantitative estimate of drug-likeness (QED) is 0.486. The van der Waals surface area contributed by atoms with Crippen LogP contribution in [0.15, 0.2) is 12.1 Å². The van der Waals surface area contributed by atoms with Gasteiger partial charge < -0.3 is 14.5 Å². The molecule has 4 heterocycles. The van der Waals surface area contributed by atoms with Gasteiger partial charge in [-0.05, 0) is 58.1 Å². The molecule has 1 aromatic carbocycles. The lowest BCUT2D eigenvalue weighted by Gasteiger charge is -2.56. The first-order chi connectivity index (χ1) is 14.0. The van der Waals surface area contributed by atoms with Crippen LogP contribution in [0.2, 0.25) is 0 Å². The Morgan fingerprint density at radius 3 is 2.93 bits per heavy atom. The maximum atomic E-state index is 12.9. The number of hydrogen-bond donors (Lipinski definition) is 1. The van der Waals surface area contributed by atoms with E-state index in [0.717, 1.165) is 54.6 Å². The number of nitrogens with one attached hydrogen (secondary N) is 1. The average molecular weight is 396 g/mol. The number of Topliss-reactive ketones (excluding diaryl/α,β-unsaturated/α-hetero) is 1. The van der Waals surface area contributed by atoms with Crippen LogP contribution in [0.5, 0.6) is 5.75 Å². The molecular weight excluding hydrogens is 368 g/mol. The van der Waals surface area contributed by atoms with E-state index in [1.165, 1.54) is 19.3 Å². The number of rotatable bonds is 3. The Kier molecular flexibility index (Phi) is 4.42. The lowest BCUT2D eigenvalue weighted by atomic mass is 9.74. The van der Waals surface area contributed by atoms with Crippen LogP contribution >= 0.6 is 0 Å². The van der Waals surface area contributed by atoms with Gasteiger partial charge >= 0.3 is 5.97 Å². The summed E-state index contributed by atoms with van der Waals surface area (Å²) in [4.78, 5) is 30.9. The molecule has 5 rings (SSSR count). The zero-order valence-corrected chi connectivity index (χ0v) is 17.2. The van der Waals surface area contributed by atoms with Crippen molar-refractivity contribution in [2.24, 2.45) is 5.92 Å². The number of piperidine rings is 2. The molecule has 1 N–H and O–H groups in total. The van der Waals surface area contributed by atoms with Crippen molar-refractivity contribution in [2.75, 3.05) is 19.7 Å². The maximum Gasteiger partial charge on any atom is 0.379 e. The molecule has 2 saturated heterocycles. The van der Waals surface area contributed by atoms with Crippen molar-refractivity contribution < 1.29 is 19.1 Å². The molecule has 3 aliphatic heterocycles. The van der Waals surface area contributed by atoms with Crippen LogP contribution in [-0.4, -0.2) is 47.1 Å². The van der Waals surface area contributed by atoms with Crippen LogP contribution in [-0.2, 0) is 16.0 Å². The Morgan fingerprint density at radius 2 is 2.10 bits per heavy atom. The highest BCUT2D eigenvalue weighted by atomic mass is 16.5. The molecule has 154 valence electrons. The van der Waals surface area contributed by atoms with E-state index >= 15 is 0 Å². The van der Waals surface area contributed by atoms with E-state index < -0.39 is 11.8 Å². The highest BCUT2D eigenvalue weighted by Crippen LogP contribution is 2.50. The van der Waals surface area contributed by atoms with E-state index in [1.54, 1.807) is 6.92 Å². The number of esters is 1. The molecule has 1 aromatic heterocycles. The highest BCUT2D eigenvalue weighted by Gasteiger charge is 2.52. The van der Waals surface area contributed by atoms with Crippen molar-refractivity contribution in [1.29, 1.82) is 0 Å². The summed E-state index contributed by atoms with van der Waals surface area (Å²) in [6.07, 6.45) is 6.69. The average Bonchev–Trinajstić information content (AvgIpc) is 3.06. The van der Waals surface area contributed by atoms with Crippen molar-refractivity contribution in [3.05, 3.63) is 29.0 Å². The molecule has 6 heteroatoms. The van der Waals surface area contributed by atoms with Crippen molar-refractivity contribution >= 4 is 22.7 Å². The number of ether oxygens (including phenoxy) is 2. The van der Waals surface area contributed by atoms with Crippen LogP contribution < -0.4 is 4.74 Å². The van der Waals surface area contributed by atoms with Gasteiger partial charge in [0.25, 0.3) is 5.78 Å². The fourth-order valence-electron chi connectivity index (χ4n) is 5.79. The van der Waals surface area contributed by atoms with Gasteiger partial charge in [0.2, 0.25) is 0 Å². The predicted molar refractivity (Wildman–Crippen MR) is 109 cm³/mol. The minimum absolute atomic E-state index is 0.188. The van der Waals surface area contributed by atoms with E-state index in [9.17, 15) is 9.59 Å². The summed E-state index contributed by atoms with van der Waals surface area (Å²) < 4.78 is 11.8. The van der Waals surface area contributed by atoms with Crippen molar-refractivity contribution in [3.63, 3.8) is 0 Å². The zero-order valence-electron chi connectivity index (χ0n) is 17.2. The van der Waals surface area contributed by atoms with E-state index in [1.807, 2.05) is 19.1 Å². The highest BCUT2D eigenvalue weighted by molar-refractivity contribution is 6.43. The lowest BCUT2D eigenvalue weighted by molar-refractivity contribution is -0.177. The molecule has 29 heavy (non-hydrogen) atoms. The third-order valence-corrected chi connectivity index (χ3v) is 7.01. The van der Waals surface area contributed by atoms with Gasteiger partial charge in [0.15, 0.2) is 5.72 Å². The molecule has 0 aliphatic carbocycles. The fourth-order valence-corrected chi connectivity index (χ4v) is 5.79. The number of hydrogen-bond acceptors (Lipinski definition) is 5. The van der Waals surface area contributed by atoms with Gasteiger partial charge in [-0.1, -0.05) is 0 Å². The minimum Gasteiger partial charge on any atom is -0.472 e. The molecule has 2 unspecified atom stereocenters. The van der Waals surface area contributed by atoms with Crippen LogP contribution in [0.25, 0.3) is 10.9 Å². The first-order valence-electron chi connectivity index (χ1n) is 10.8. The summed E-state index contributed by atoms with van der Waals surface area (Å²) in [5.41, 5.74) is 2.88. The Bertz CT molecular complexity index is 992. The van der Waals surface area contributed by atoms with Crippen LogP contribution in [0.3, 0.4) is 0 Å². The number of aromatic nitrogens is 1. The summed E-state index contributed by atoms with van der Waals surface area (Å²) >= 11 is 0. The maximum absolute atomic E-state index is 12.9. The van der Waals surface area contributed by atoms with Crippen LogP contribution in [0.1, 0.15) is 60.6 Å². The van der Waals surface area contributed by atoms with Crippen LogP contribution in [0, 0.1) is 12.8 Å². The number of nitrogens with zero attached hydrogens (tertiary/aromatic N) is 1. The summed E-state index contributed by atoms with van der Waals surface area (Å²) in [7, 11) is 0. The summed E-state index contributed by atoms with van der Waals surface area (Å²) in [6, 6.07) is 3.99. The van der Waals surface area contributed by atoms with Gasteiger partial charge in [0.05, 0.1) is 12.2 Å². The molecule has 0 amide bonds. The van der Waals surface area contributed by atoms with E-state index in [0.29, 0.717) is 17.2 Å². The zero-order chi connectivity index (χ0) is 20.2. The molecule has 6 nitrogen and oxygen atoms in total. The molecule has 2 fully saturated rings. The van der Waals surface area contributed by atoms with E-state index in [2.05, 4.69) is 9.88 Å². The Labute approximate surface area is 170 Å². The number of fused-ring (bicyclic) bond motifs is 3. The third kappa shape index (κ3) is 2.72. The van der Waals surface area contributed by atoms with Gasteiger partial charge in [-0.3, -0.25) is 9.69 Å². The largest absolute Gasteiger partial charge is 0.472 e. The second kappa shape index (κ2) is 6.87. The Hall–Kier alpha value is -2.34. The second-order valence-electron chi connectivity index (χ2n) is 8.57. The molecule has 2 atom stereocenters. The standard InChI is InChI=1S/C23H28N2O4/c1-3-28-22(27)21(26)19-14(2)24-17-8-9-18-16(20(17)19)13-15-7-6-12-25-11-5-4-10-23(15,25)29-18/h8-9,15,24H,3-7,10-13H2,1-2H3. The first kappa shape index (κ1) is 18.7. The normalized spacial score (nSPS) is 26.2. The van der Waals surface area contributed by atoms with Gasteiger partial charge in [-0.15, -0.1) is 0 Å². The molecule has 3 aliphatic rings. The van der Waals surface area contributed by atoms with E-state index in [-0.39, 0.29) is 12.3 Å². The van der Waals surface area contributed by atoms with Crippen molar-refractivity contribution in [1.82, 2.24) is 9.88 Å². The number of aryl methyl sites for hydroxylation is 1. The van der Waals surface area contributed by atoms with E-state index in [4.69, 9.17) is 9.47 Å².